The van der Waals surface area contributed by atoms with Crippen LogP contribution >= 0.6 is 15.9 Å². The van der Waals surface area contributed by atoms with E-state index in [4.69, 9.17) is 5.73 Å². The summed E-state index contributed by atoms with van der Waals surface area (Å²) in [6, 6.07) is 5.00. The molecule has 1 unspecified atom stereocenters. The zero-order chi connectivity index (χ0) is 14.1. The summed E-state index contributed by atoms with van der Waals surface area (Å²) < 4.78 is 13.8. The Morgan fingerprint density at radius 1 is 1.16 bits per heavy atom. The van der Waals surface area contributed by atoms with Gasteiger partial charge in [0, 0.05) is 10.5 Å². The Hall–Kier alpha value is -0.410. The molecule has 1 nitrogen and oxygen atoms in total. The highest BCUT2D eigenvalue weighted by Gasteiger charge is 2.07. The van der Waals surface area contributed by atoms with E-state index < -0.39 is 0 Å². The van der Waals surface area contributed by atoms with Gasteiger partial charge >= 0.3 is 0 Å². The molecule has 0 fully saturated rings. The first kappa shape index (κ1) is 16.6. The van der Waals surface area contributed by atoms with Crippen LogP contribution in [0, 0.1) is 5.82 Å². The second kappa shape index (κ2) is 9.49. The van der Waals surface area contributed by atoms with Crippen molar-refractivity contribution in [2.45, 2.75) is 64.3 Å². The molecule has 0 bridgehead atoms. The molecule has 1 aromatic carbocycles. The summed E-state index contributed by atoms with van der Waals surface area (Å²) in [6.45, 7) is 2.23. The van der Waals surface area contributed by atoms with Crippen molar-refractivity contribution in [2.75, 3.05) is 0 Å². The number of unbranched alkanes of at least 4 members (excludes halogenated alkanes) is 5. The Bertz CT molecular complexity index is 368. The number of halogens is 2. The molecule has 1 aromatic rings. The lowest BCUT2D eigenvalue weighted by atomic mass is 10.0. The third kappa shape index (κ3) is 7.07. The van der Waals surface area contributed by atoms with E-state index in [0.29, 0.717) is 0 Å². The molecule has 0 aliphatic carbocycles. The van der Waals surface area contributed by atoms with Crippen molar-refractivity contribution < 1.29 is 4.39 Å². The predicted octanol–water partition coefficient (Wildman–Crippen LogP) is 5.21. The van der Waals surface area contributed by atoms with E-state index in [0.717, 1.165) is 22.9 Å². The minimum absolute atomic E-state index is 0.174. The SMILES string of the molecule is CCCCCCCCC(N)Cc1ccc(F)cc1Br. The summed E-state index contributed by atoms with van der Waals surface area (Å²) >= 11 is 3.39. The standard InChI is InChI=1S/C16H25BrFN/c1-2-3-4-5-6-7-8-15(19)11-13-9-10-14(18)12-16(13)17/h9-10,12,15H,2-8,11,19H2,1H3. The number of rotatable bonds is 9. The highest BCUT2D eigenvalue weighted by atomic mass is 79.9. The van der Waals surface area contributed by atoms with Crippen LogP contribution in [0.2, 0.25) is 0 Å². The average Bonchev–Trinajstić information content (AvgIpc) is 2.37. The molecule has 0 aliphatic heterocycles. The summed E-state index contributed by atoms with van der Waals surface area (Å²) in [7, 11) is 0. The van der Waals surface area contributed by atoms with Gasteiger partial charge in [0.05, 0.1) is 0 Å². The first-order valence-electron chi connectivity index (χ1n) is 7.33. The van der Waals surface area contributed by atoms with Crippen LogP contribution in [0.1, 0.15) is 57.4 Å². The van der Waals surface area contributed by atoms with Crippen molar-refractivity contribution in [1.82, 2.24) is 0 Å². The highest BCUT2D eigenvalue weighted by Crippen LogP contribution is 2.20. The minimum atomic E-state index is -0.208. The van der Waals surface area contributed by atoms with Crippen LogP contribution in [0.25, 0.3) is 0 Å². The van der Waals surface area contributed by atoms with Gasteiger partial charge in [-0.15, -0.1) is 0 Å². The van der Waals surface area contributed by atoms with Gasteiger partial charge in [-0.3, -0.25) is 0 Å². The summed E-state index contributed by atoms with van der Waals surface area (Å²) in [4.78, 5) is 0. The zero-order valence-electron chi connectivity index (χ0n) is 11.8. The fraction of sp³-hybridized carbons (Fsp3) is 0.625. The number of nitrogens with two attached hydrogens (primary N) is 1. The monoisotopic (exact) mass is 329 g/mol. The van der Waals surface area contributed by atoms with Crippen molar-refractivity contribution in [3.05, 3.63) is 34.1 Å². The second-order valence-corrected chi connectivity index (χ2v) is 6.11. The van der Waals surface area contributed by atoms with Crippen molar-refractivity contribution in [3.63, 3.8) is 0 Å². The van der Waals surface area contributed by atoms with E-state index in [-0.39, 0.29) is 11.9 Å². The van der Waals surface area contributed by atoms with Crippen LogP contribution in [-0.4, -0.2) is 6.04 Å². The Balaban J connectivity index is 2.21. The van der Waals surface area contributed by atoms with Gasteiger partial charge in [-0.25, -0.2) is 4.39 Å². The largest absolute Gasteiger partial charge is 0.327 e. The van der Waals surface area contributed by atoms with Crippen LogP contribution in [-0.2, 0) is 6.42 Å². The first-order chi connectivity index (χ1) is 9.13. The summed E-state index contributed by atoms with van der Waals surface area (Å²) in [5.74, 6) is -0.208. The minimum Gasteiger partial charge on any atom is -0.327 e. The van der Waals surface area contributed by atoms with Crippen molar-refractivity contribution in [2.24, 2.45) is 5.73 Å². The van der Waals surface area contributed by atoms with Crippen LogP contribution in [0.4, 0.5) is 4.39 Å². The first-order valence-corrected chi connectivity index (χ1v) is 8.12. The van der Waals surface area contributed by atoms with E-state index >= 15 is 0 Å². The molecule has 19 heavy (non-hydrogen) atoms. The van der Waals surface area contributed by atoms with Gasteiger partial charge < -0.3 is 5.73 Å². The van der Waals surface area contributed by atoms with Gasteiger partial charge in [0.15, 0.2) is 0 Å². The van der Waals surface area contributed by atoms with Gasteiger partial charge in [0.1, 0.15) is 5.82 Å². The van der Waals surface area contributed by atoms with Crippen LogP contribution in [0.5, 0.6) is 0 Å². The molecule has 0 amide bonds. The predicted molar refractivity (Wildman–Crippen MR) is 83.8 cm³/mol. The summed E-state index contributed by atoms with van der Waals surface area (Å²) in [6.07, 6.45) is 9.64. The smallest absolute Gasteiger partial charge is 0.124 e. The van der Waals surface area contributed by atoms with E-state index in [1.165, 1.54) is 50.7 Å². The molecular weight excluding hydrogens is 305 g/mol. The Morgan fingerprint density at radius 2 is 1.84 bits per heavy atom. The van der Waals surface area contributed by atoms with Crippen molar-refractivity contribution >= 4 is 15.9 Å². The molecule has 0 saturated heterocycles. The molecule has 0 spiro atoms. The Labute approximate surface area is 124 Å². The molecule has 2 N–H and O–H groups in total. The fourth-order valence-corrected chi connectivity index (χ4v) is 2.77. The van der Waals surface area contributed by atoms with E-state index in [9.17, 15) is 4.39 Å². The normalized spacial score (nSPS) is 12.6. The summed E-state index contributed by atoms with van der Waals surface area (Å²) in [5.41, 5.74) is 7.24. The van der Waals surface area contributed by atoms with Gasteiger partial charge in [0.2, 0.25) is 0 Å². The lowest BCUT2D eigenvalue weighted by Crippen LogP contribution is -2.22. The molecule has 0 aromatic heterocycles. The zero-order valence-corrected chi connectivity index (χ0v) is 13.4. The lowest BCUT2D eigenvalue weighted by molar-refractivity contribution is 0.531. The molecule has 1 atom stereocenters. The van der Waals surface area contributed by atoms with Crippen molar-refractivity contribution in [3.8, 4) is 0 Å². The summed E-state index contributed by atoms with van der Waals surface area (Å²) in [5, 5.41) is 0. The van der Waals surface area contributed by atoms with E-state index in [1.54, 1.807) is 0 Å². The van der Waals surface area contributed by atoms with Gasteiger partial charge in [0.25, 0.3) is 0 Å². The molecule has 3 heteroatoms. The Morgan fingerprint density at radius 3 is 2.53 bits per heavy atom. The van der Waals surface area contributed by atoms with E-state index in [2.05, 4.69) is 22.9 Å². The molecule has 108 valence electrons. The number of hydrogen-bond donors (Lipinski definition) is 1. The molecule has 0 saturated carbocycles. The van der Waals surface area contributed by atoms with Gasteiger partial charge in [-0.1, -0.05) is 67.4 Å². The topological polar surface area (TPSA) is 26.0 Å². The van der Waals surface area contributed by atoms with E-state index in [1.807, 2.05) is 6.07 Å². The number of hydrogen-bond acceptors (Lipinski definition) is 1. The fourth-order valence-electron chi connectivity index (χ4n) is 2.26. The lowest BCUT2D eigenvalue weighted by Gasteiger charge is -2.12. The maximum Gasteiger partial charge on any atom is 0.124 e. The van der Waals surface area contributed by atoms with Gasteiger partial charge in [-0.05, 0) is 30.5 Å². The van der Waals surface area contributed by atoms with Crippen LogP contribution in [0.3, 0.4) is 0 Å². The molecule has 0 radical (unpaired) electrons. The number of benzene rings is 1. The van der Waals surface area contributed by atoms with Crippen molar-refractivity contribution in [1.29, 1.82) is 0 Å². The third-order valence-corrected chi connectivity index (χ3v) is 4.16. The molecule has 0 heterocycles. The van der Waals surface area contributed by atoms with Crippen LogP contribution < -0.4 is 5.73 Å². The highest BCUT2D eigenvalue weighted by molar-refractivity contribution is 9.10. The Kier molecular flexibility index (Phi) is 8.31. The quantitative estimate of drug-likeness (QED) is 0.618. The second-order valence-electron chi connectivity index (χ2n) is 5.26. The average molecular weight is 330 g/mol. The molecule has 1 rings (SSSR count). The maximum atomic E-state index is 13.0. The van der Waals surface area contributed by atoms with Crippen LogP contribution in [0.15, 0.2) is 22.7 Å². The van der Waals surface area contributed by atoms with Gasteiger partial charge in [-0.2, -0.15) is 0 Å². The third-order valence-electron chi connectivity index (χ3n) is 3.43. The maximum absolute atomic E-state index is 13.0. The molecular formula is C16H25BrFN. The molecule has 0 aliphatic rings.